The van der Waals surface area contributed by atoms with Crippen molar-refractivity contribution in [2.45, 2.75) is 58.7 Å². The van der Waals surface area contributed by atoms with E-state index in [9.17, 15) is 4.79 Å². The van der Waals surface area contributed by atoms with Crippen LogP contribution < -0.4 is 19.7 Å². The highest BCUT2D eigenvalue weighted by atomic mass is 16.5. The molecule has 2 aromatic carbocycles. The molecule has 0 fully saturated rings. The lowest BCUT2D eigenvalue weighted by molar-refractivity contribution is -0.948. The van der Waals surface area contributed by atoms with Crippen molar-refractivity contribution in [1.29, 1.82) is 0 Å². The Morgan fingerprint density at radius 3 is 2.42 bits per heavy atom. The Morgan fingerprint density at radius 1 is 1.13 bits per heavy atom. The van der Waals surface area contributed by atoms with Gasteiger partial charge in [-0.1, -0.05) is 51.1 Å². The predicted octanol–water partition coefficient (Wildman–Crippen LogP) is 3.33. The van der Waals surface area contributed by atoms with E-state index in [1.54, 1.807) is 14.2 Å². The quantitative estimate of drug-likeness (QED) is 0.648. The van der Waals surface area contributed by atoms with E-state index in [1.165, 1.54) is 21.6 Å². The number of rotatable bonds is 9. The van der Waals surface area contributed by atoms with Gasteiger partial charge in [-0.15, -0.1) is 0 Å². The average Bonchev–Trinajstić information content (AvgIpc) is 2.76. The number of hydrogen-bond acceptors (Lipinski definition) is 3. The number of carbonyl (C=O) groups is 1. The van der Waals surface area contributed by atoms with Crippen molar-refractivity contribution in [2.24, 2.45) is 5.92 Å². The van der Waals surface area contributed by atoms with Crippen molar-refractivity contribution in [2.75, 3.05) is 20.8 Å². The number of nitrogens with one attached hydrogen (secondary N) is 2. The first-order valence-electron chi connectivity index (χ1n) is 11.4. The fourth-order valence-electron chi connectivity index (χ4n) is 4.73. The van der Waals surface area contributed by atoms with Gasteiger partial charge in [0.1, 0.15) is 12.6 Å². The number of ether oxygens (including phenoxy) is 2. The van der Waals surface area contributed by atoms with E-state index in [1.807, 2.05) is 0 Å². The van der Waals surface area contributed by atoms with Crippen LogP contribution in [0.15, 0.2) is 42.5 Å². The minimum atomic E-state index is 0.0575. The smallest absolute Gasteiger partial charge is 0.220 e. The van der Waals surface area contributed by atoms with E-state index < -0.39 is 0 Å². The molecular weight excluding hydrogens is 388 g/mol. The Hall–Kier alpha value is -2.53. The van der Waals surface area contributed by atoms with Gasteiger partial charge in [-0.2, -0.15) is 0 Å². The van der Waals surface area contributed by atoms with Crippen molar-refractivity contribution in [3.8, 4) is 11.5 Å². The Morgan fingerprint density at radius 2 is 1.81 bits per heavy atom. The van der Waals surface area contributed by atoms with Crippen LogP contribution in [0.1, 0.15) is 56.3 Å². The van der Waals surface area contributed by atoms with Crippen molar-refractivity contribution in [1.82, 2.24) is 5.32 Å². The van der Waals surface area contributed by atoms with E-state index in [0.717, 1.165) is 37.4 Å². The van der Waals surface area contributed by atoms with Crippen molar-refractivity contribution in [3.63, 3.8) is 0 Å². The summed E-state index contributed by atoms with van der Waals surface area (Å²) in [7, 11) is 3.36. The molecule has 1 aliphatic rings. The molecule has 5 heteroatoms. The highest BCUT2D eigenvalue weighted by Gasteiger charge is 2.38. The molecule has 0 aliphatic carbocycles. The fraction of sp³-hybridized carbons (Fsp3) is 0.500. The van der Waals surface area contributed by atoms with E-state index in [2.05, 4.69) is 68.6 Å². The summed E-state index contributed by atoms with van der Waals surface area (Å²) in [6.45, 7) is 8.27. The topological polar surface area (TPSA) is 52.0 Å². The highest BCUT2D eigenvalue weighted by Crippen LogP contribution is 2.35. The molecule has 168 valence electrons. The van der Waals surface area contributed by atoms with Crippen LogP contribution in [0.25, 0.3) is 0 Å². The summed E-state index contributed by atoms with van der Waals surface area (Å²) in [5, 5.41) is 3.36. The summed E-state index contributed by atoms with van der Waals surface area (Å²) in [5.74, 6) is 1.99. The van der Waals surface area contributed by atoms with Gasteiger partial charge >= 0.3 is 0 Å². The molecule has 0 bridgehead atoms. The Kier molecular flexibility index (Phi) is 7.97. The van der Waals surface area contributed by atoms with Crippen LogP contribution in [-0.2, 0) is 17.8 Å². The molecule has 1 unspecified atom stereocenters. The number of benzene rings is 2. The summed E-state index contributed by atoms with van der Waals surface area (Å²) >= 11 is 0. The SMILES string of the molecule is CC[C@H](NC(=O)CC(C)C)[C@H]1c2cc(OC)c(OC)cc2CC[NH+]1Cc1ccccc1. The van der Waals surface area contributed by atoms with Crippen molar-refractivity contribution in [3.05, 3.63) is 59.2 Å². The molecule has 1 heterocycles. The zero-order chi connectivity index (χ0) is 22.4. The number of hydrogen-bond donors (Lipinski definition) is 2. The largest absolute Gasteiger partial charge is 0.493 e. The molecule has 0 aromatic heterocycles. The maximum absolute atomic E-state index is 12.7. The molecule has 0 saturated carbocycles. The second-order valence-electron chi connectivity index (χ2n) is 8.88. The van der Waals surface area contributed by atoms with Gasteiger partial charge < -0.3 is 19.7 Å². The molecule has 3 atom stereocenters. The van der Waals surface area contributed by atoms with E-state index in [4.69, 9.17) is 9.47 Å². The number of fused-ring (bicyclic) bond motifs is 1. The predicted molar refractivity (Wildman–Crippen MR) is 124 cm³/mol. The Balaban J connectivity index is 1.99. The summed E-state index contributed by atoms with van der Waals surface area (Å²) in [6.07, 6.45) is 2.40. The molecule has 2 N–H and O–H groups in total. The number of carbonyl (C=O) groups excluding carboxylic acids is 1. The molecular formula is C26H37N2O3+. The van der Waals surface area contributed by atoms with Crippen LogP contribution in [0, 0.1) is 5.92 Å². The van der Waals surface area contributed by atoms with Crippen LogP contribution in [0.2, 0.25) is 0 Å². The second kappa shape index (κ2) is 10.7. The first kappa shape index (κ1) is 23.1. The zero-order valence-corrected chi connectivity index (χ0v) is 19.5. The third-order valence-corrected chi connectivity index (χ3v) is 6.19. The average molecular weight is 426 g/mol. The molecule has 1 aliphatic heterocycles. The van der Waals surface area contributed by atoms with E-state index >= 15 is 0 Å². The van der Waals surface area contributed by atoms with E-state index in [0.29, 0.717) is 12.3 Å². The minimum Gasteiger partial charge on any atom is -0.493 e. The highest BCUT2D eigenvalue weighted by molar-refractivity contribution is 5.76. The molecule has 0 spiro atoms. The summed E-state index contributed by atoms with van der Waals surface area (Å²) in [6, 6.07) is 15.1. The van der Waals surface area contributed by atoms with Crippen molar-refractivity contribution < 1.29 is 19.2 Å². The van der Waals surface area contributed by atoms with Gasteiger partial charge in [-0.25, -0.2) is 0 Å². The number of quaternary nitrogens is 1. The number of amides is 1. The molecule has 0 saturated heterocycles. The minimum absolute atomic E-state index is 0.0575. The Bertz CT molecular complexity index is 866. The molecule has 1 amide bonds. The third kappa shape index (κ3) is 5.59. The number of methoxy groups -OCH3 is 2. The van der Waals surface area contributed by atoms with Gasteiger partial charge in [0, 0.05) is 24.0 Å². The third-order valence-electron chi connectivity index (χ3n) is 6.19. The zero-order valence-electron chi connectivity index (χ0n) is 19.5. The lowest BCUT2D eigenvalue weighted by Crippen LogP contribution is -3.13. The normalized spacial score (nSPS) is 18.9. The molecule has 3 rings (SSSR count). The molecule has 5 nitrogen and oxygen atoms in total. The van der Waals surface area contributed by atoms with Gasteiger partial charge in [0.25, 0.3) is 0 Å². The fourth-order valence-corrected chi connectivity index (χ4v) is 4.73. The van der Waals surface area contributed by atoms with E-state index in [-0.39, 0.29) is 18.0 Å². The van der Waals surface area contributed by atoms with Gasteiger partial charge in [0.05, 0.1) is 26.8 Å². The maximum Gasteiger partial charge on any atom is 0.220 e. The van der Waals surface area contributed by atoms with Gasteiger partial charge in [-0.3, -0.25) is 4.79 Å². The summed E-state index contributed by atoms with van der Waals surface area (Å²) in [4.78, 5) is 14.2. The van der Waals surface area contributed by atoms with Crippen molar-refractivity contribution >= 4 is 5.91 Å². The van der Waals surface area contributed by atoms with Gasteiger partial charge in [-0.05, 0) is 30.0 Å². The van der Waals surface area contributed by atoms with Gasteiger partial charge in [0.2, 0.25) is 5.91 Å². The molecule has 2 aromatic rings. The Labute approximate surface area is 186 Å². The van der Waals surface area contributed by atoms with Crippen LogP contribution in [0.4, 0.5) is 0 Å². The first-order valence-corrected chi connectivity index (χ1v) is 11.4. The van der Waals surface area contributed by atoms with Gasteiger partial charge in [0.15, 0.2) is 11.5 Å². The lowest BCUT2D eigenvalue weighted by atomic mass is 9.86. The maximum atomic E-state index is 12.7. The van der Waals surface area contributed by atoms with Crippen LogP contribution in [0.5, 0.6) is 11.5 Å². The van der Waals surface area contributed by atoms with Crippen LogP contribution in [-0.4, -0.2) is 32.7 Å². The summed E-state index contributed by atoms with van der Waals surface area (Å²) in [5.41, 5.74) is 3.86. The monoisotopic (exact) mass is 425 g/mol. The lowest BCUT2D eigenvalue weighted by Gasteiger charge is -2.39. The van der Waals surface area contributed by atoms with Crippen LogP contribution >= 0.6 is 0 Å². The first-order chi connectivity index (χ1) is 15.0. The molecule has 31 heavy (non-hydrogen) atoms. The molecule has 0 radical (unpaired) electrons. The van der Waals surface area contributed by atoms with Crippen LogP contribution in [0.3, 0.4) is 0 Å². The standard InChI is InChI=1S/C26H36N2O3/c1-6-22(27-25(29)14-18(2)3)26-21-16-24(31-5)23(30-4)15-20(21)12-13-28(26)17-19-10-8-7-9-11-19/h7-11,15-16,18,22,26H,6,12-14,17H2,1-5H3,(H,27,29)/p+1/t22-,26+/m0/s1. The summed E-state index contributed by atoms with van der Waals surface area (Å²) < 4.78 is 11.2. The second-order valence-corrected chi connectivity index (χ2v) is 8.88.